The van der Waals surface area contributed by atoms with E-state index in [-0.39, 0.29) is 5.91 Å². The molecule has 96 valence electrons. The van der Waals surface area contributed by atoms with Gasteiger partial charge in [0.1, 0.15) is 0 Å². The van der Waals surface area contributed by atoms with Crippen molar-refractivity contribution < 1.29 is 4.79 Å². The van der Waals surface area contributed by atoms with Crippen LogP contribution in [0.5, 0.6) is 0 Å². The Kier molecular flexibility index (Phi) is 2.73. The lowest BCUT2D eigenvalue weighted by atomic mass is 9.92. The minimum absolute atomic E-state index is 0.0741. The first-order valence-corrected chi connectivity index (χ1v) is 6.62. The Labute approximate surface area is 107 Å². The first-order valence-electron chi connectivity index (χ1n) is 6.62. The Hall–Kier alpha value is -1.58. The van der Waals surface area contributed by atoms with Crippen LogP contribution in [-0.2, 0) is 4.79 Å². The van der Waals surface area contributed by atoms with Gasteiger partial charge in [-0.05, 0) is 37.7 Å². The molecule has 18 heavy (non-hydrogen) atoms. The van der Waals surface area contributed by atoms with E-state index in [0.29, 0.717) is 17.8 Å². The van der Waals surface area contributed by atoms with Crippen LogP contribution < -0.4 is 5.32 Å². The Balaban J connectivity index is 1.68. The first kappa shape index (κ1) is 11.5. The molecule has 0 radical (unpaired) electrons. The highest BCUT2D eigenvalue weighted by Gasteiger charge is 2.44. The summed E-state index contributed by atoms with van der Waals surface area (Å²) in [6.45, 7) is 4.45. The molecule has 0 bridgehead atoms. The number of aromatic nitrogens is 2. The number of carbonyl (C=O) groups excluding carboxylic acids is 1. The number of nitrogens with one attached hydrogen (secondary N) is 1. The molecule has 1 aromatic heterocycles. The number of nitrogens with zero attached hydrogens (tertiary/aromatic N) is 2. The van der Waals surface area contributed by atoms with Gasteiger partial charge in [-0.25, -0.2) is 4.68 Å². The minimum atomic E-state index is 0.0741. The van der Waals surface area contributed by atoms with Gasteiger partial charge in [0.2, 0.25) is 5.91 Å². The Morgan fingerprint density at radius 3 is 3.22 bits per heavy atom. The SMILES string of the molecule is CC(=O)NC[C@@H]1C[C@H]1C1CC=Cn2nc(C)cc21. The summed E-state index contributed by atoms with van der Waals surface area (Å²) in [4.78, 5) is 10.9. The van der Waals surface area contributed by atoms with Crippen LogP contribution in [0, 0.1) is 18.8 Å². The summed E-state index contributed by atoms with van der Waals surface area (Å²) in [5.41, 5.74) is 2.42. The van der Waals surface area contributed by atoms with Crippen LogP contribution in [0.1, 0.15) is 37.1 Å². The molecule has 1 saturated carbocycles. The molecule has 2 heterocycles. The van der Waals surface area contributed by atoms with Gasteiger partial charge in [-0.15, -0.1) is 0 Å². The number of amides is 1. The van der Waals surface area contributed by atoms with Gasteiger partial charge in [0.15, 0.2) is 0 Å². The van der Waals surface area contributed by atoms with Gasteiger partial charge in [-0.3, -0.25) is 4.79 Å². The van der Waals surface area contributed by atoms with Crippen molar-refractivity contribution in [2.75, 3.05) is 6.54 Å². The molecule has 4 nitrogen and oxygen atoms in total. The number of aryl methyl sites for hydroxylation is 1. The molecule has 1 N–H and O–H groups in total. The molecule has 1 aromatic rings. The van der Waals surface area contributed by atoms with Gasteiger partial charge < -0.3 is 5.32 Å². The summed E-state index contributed by atoms with van der Waals surface area (Å²) < 4.78 is 2.01. The maximum atomic E-state index is 10.9. The van der Waals surface area contributed by atoms with Crippen molar-refractivity contribution in [1.29, 1.82) is 0 Å². The molecular weight excluding hydrogens is 226 g/mol. The van der Waals surface area contributed by atoms with Crippen LogP contribution in [0.2, 0.25) is 0 Å². The van der Waals surface area contributed by atoms with Crippen molar-refractivity contribution in [2.24, 2.45) is 11.8 Å². The standard InChI is InChI=1S/C14H19N3O/c1-9-6-14-12(4-3-5-17(14)16-9)13-7-11(13)8-15-10(2)18/h3,5-6,11-13H,4,7-8H2,1-2H3,(H,15,18)/t11-,12?,13+/m0/s1. The topological polar surface area (TPSA) is 46.9 Å². The van der Waals surface area contributed by atoms with E-state index in [1.807, 2.05) is 11.6 Å². The molecule has 4 heteroatoms. The minimum Gasteiger partial charge on any atom is -0.356 e. The molecular formula is C14H19N3O. The fraction of sp³-hybridized carbons (Fsp3) is 0.571. The molecule has 0 saturated heterocycles. The lowest BCUT2D eigenvalue weighted by Gasteiger charge is -2.19. The van der Waals surface area contributed by atoms with Gasteiger partial charge in [-0.1, -0.05) is 6.08 Å². The summed E-state index contributed by atoms with van der Waals surface area (Å²) in [7, 11) is 0. The molecule has 1 aliphatic carbocycles. The van der Waals surface area contributed by atoms with Crippen molar-refractivity contribution in [1.82, 2.24) is 15.1 Å². The van der Waals surface area contributed by atoms with E-state index in [1.54, 1.807) is 6.92 Å². The summed E-state index contributed by atoms with van der Waals surface area (Å²) in [6.07, 6.45) is 6.59. The molecule has 3 atom stereocenters. The fourth-order valence-electron chi connectivity index (χ4n) is 3.03. The second kappa shape index (κ2) is 4.26. The molecule has 2 aliphatic rings. The molecule has 1 aliphatic heterocycles. The fourth-order valence-corrected chi connectivity index (χ4v) is 3.03. The zero-order chi connectivity index (χ0) is 12.7. The summed E-state index contributed by atoms with van der Waals surface area (Å²) >= 11 is 0. The highest BCUT2D eigenvalue weighted by Crippen LogP contribution is 2.50. The highest BCUT2D eigenvalue weighted by atomic mass is 16.1. The third-order valence-corrected chi connectivity index (χ3v) is 4.01. The average molecular weight is 245 g/mol. The predicted molar refractivity (Wildman–Crippen MR) is 69.9 cm³/mol. The van der Waals surface area contributed by atoms with Crippen molar-refractivity contribution in [2.45, 2.75) is 32.6 Å². The Bertz CT molecular complexity index is 503. The number of hydrogen-bond acceptors (Lipinski definition) is 2. The van der Waals surface area contributed by atoms with Crippen molar-refractivity contribution in [3.05, 3.63) is 23.5 Å². The molecule has 1 amide bonds. The maximum absolute atomic E-state index is 10.9. The van der Waals surface area contributed by atoms with Crippen LogP contribution in [0.25, 0.3) is 6.20 Å². The van der Waals surface area contributed by atoms with E-state index in [9.17, 15) is 4.79 Å². The molecule has 1 unspecified atom stereocenters. The van der Waals surface area contributed by atoms with Crippen LogP contribution >= 0.6 is 0 Å². The van der Waals surface area contributed by atoms with Crippen LogP contribution in [0.15, 0.2) is 12.1 Å². The van der Waals surface area contributed by atoms with E-state index >= 15 is 0 Å². The third kappa shape index (κ3) is 2.07. The smallest absolute Gasteiger partial charge is 0.216 e. The monoisotopic (exact) mass is 245 g/mol. The second-order valence-corrected chi connectivity index (χ2v) is 5.48. The second-order valence-electron chi connectivity index (χ2n) is 5.48. The lowest BCUT2D eigenvalue weighted by Crippen LogP contribution is -2.23. The van der Waals surface area contributed by atoms with E-state index < -0.39 is 0 Å². The molecule has 1 fully saturated rings. The van der Waals surface area contributed by atoms with Gasteiger partial charge in [0.05, 0.1) is 5.69 Å². The zero-order valence-corrected chi connectivity index (χ0v) is 10.9. The van der Waals surface area contributed by atoms with Crippen molar-refractivity contribution >= 4 is 12.1 Å². The van der Waals surface area contributed by atoms with Crippen LogP contribution in [-0.4, -0.2) is 22.2 Å². The van der Waals surface area contributed by atoms with Gasteiger partial charge in [0, 0.05) is 31.3 Å². The van der Waals surface area contributed by atoms with E-state index in [4.69, 9.17) is 0 Å². The Morgan fingerprint density at radius 2 is 2.44 bits per heavy atom. The van der Waals surface area contributed by atoms with E-state index in [1.165, 1.54) is 12.1 Å². The van der Waals surface area contributed by atoms with Crippen LogP contribution in [0.4, 0.5) is 0 Å². The molecule has 3 rings (SSSR count). The van der Waals surface area contributed by atoms with Crippen molar-refractivity contribution in [3.8, 4) is 0 Å². The zero-order valence-electron chi connectivity index (χ0n) is 10.9. The largest absolute Gasteiger partial charge is 0.356 e. The van der Waals surface area contributed by atoms with E-state index in [0.717, 1.165) is 18.7 Å². The summed E-state index contributed by atoms with van der Waals surface area (Å²) in [5, 5.41) is 7.40. The summed E-state index contributed by atoms with van der Waals surface area (Å²) in [6, 6.07) is 2.20. The quantitative estimate of drug-likeness (QED) is 0.884. The first-order chi connectivity index (χ1) is 8.65. The number of allylic oxidation sites excluding steroid dienone is 1. The number of rotatable bonds is 3. The van der Waals surface area contributed by atoms with Gasteiger partial charge in [0.25, 0.3) is 0 Å². The average Bonchev–Trinajstić information content (AvgIpc) is 2.98. The lowest BCUT2D eigenvalue weighted by molar-refractivity contribution is -0.119. The van der Waals surface area contributed by atoms with Gasteiger partial charge >= 0.3 is 0 Å². The van der Waals surface area contributed by atoms with Gasteiger partial charge in [-0.2, -0.15) is 5.10 Å². The maximum Gasteiger partial charge on any atom is 0.216 e. The third-order valence-electron chi connectivity index (χ3n) is 4.01. The van der Waals surface area contributed by atoms with E-state index in [2.05, 4.69) is 28.8 Å². The number of carbonyl (C=O) groups is 1. The summed E-state index contributed by atoms with van der Waals surface area (Å²) in [5.74, 6) is 2.01. The predicted octanol–water partition coefficient (Wildman–Crippen LogP) is 1.92. The molecule has 0 aromatic carbocycles. The number of fused-ring (bicyclic) bond motifs is 1. The van der Waals surface area contributed by atoms with Crippen LogP contribution in [0.3, 0.4) is 0 Å². The normalized spacial score (nSPS) is 28.9. The molecule has 0 spiro atoms. The van der Waals surface area contributed by atoms with Crippen molar-refractivity contribution in [3.63, 3.8) is 0 Å². The number of hydrogen-bond donors (Lipinski definition) is 1. The highest BCUT2D eigenvalue weighted by molar-refractivity contribution is 5.72. The Morgan fingerprint density at radius 1 is 1.61 bits per heavy atom.